The van der Waals surface area contributed by atoms with Crippen LogP contribution in [-0.4, -0.2) is 31.1 Å². The van der Waals surface area contributed by atoms with Crippen molar-refractivity contribution in [3.63, 3.8) is 0 Å². The Morgan fingerprint density at radius 3 is 2.58 bits per heavy atom. The van der Waals surface area contributed by atoms with E-state index < -0.39 is 17.8 Å². The lowest BCUT2D eigenvalue weighted by molar-refractivity contribution is -0.123. The van der Waals surface area contributed by atoms with E-state index in [1.54, 1.807) is 30.3 Å². The lowest BCUT2D eigenvalue weighted by Gasteiger charge is -2.12. The Kier molecular flexibility index (Phi) is 4.88. The van der Waals surface area contributed by atoms with Gasteiger partial charge in [0.25, 0.3) is 5.91 Å². The monoisotopic (exact) mass is 356 g/mol. The van der Waals surface area contributed by atoms with E-state index in [1.165, 1.54) is 32.4 Å². The van der Waals surface area contributed by atoms with Crippen LogP contribution in [0, 0.1) is 5.82 Å². The molecule has 0 spiro atoms. The maximum absolute atomic E-state index is 13.8. The van der Waals surface area contributed by atoms with Crippen molar-refractivity contribution in [1.82, 2.24) is 10.2 Å². The van der Waals surface area contributed by atoms with Gasteiger partial charge in [-0.2, -0.15) is 0 Å². The van der Waals surface area contributed by atoms with Gasteiger partial charge < -0.3 is 14.8 Å². The van der Waals surface area contributed by atoms with E-state index >= 15 is 0 Å². The third-order valence-electron chi connectivity index (χ3n) is 3.99. The third kappa shape index (κ3) is 3.37. The van der Waals surface area contributed by atoms with Gasteiger partial charge in [-0.05, 0) is 30.3 Å². The summed E-state index contributed by atoms with van der Waals surface area (Å²) in [5.74, 6) is 0.0914. The summed E-state index contributed by atoms with van der Waals surface area (Å²) < 4.78 is 24.2. The molecule has 0 aromatic heterocycles. The van der Waals surface area contributed by atoms with E-state index in [-0.39, 0.29) is 17.8 Å². The molecule has 0 radical (unpaired) electrons. The number of methoxy groups -OCH3 is 2. The molecule has 2 aromatic rings. The molecule has 0 bridgehead atoms. The fraction of sp³-hybridized carbons (Fsp3) is 0.158. The Bertz CT molecular complexity index is 895. The van der Waals surface area contributed by atoms with E-state index in [0.29, 0.717) is 17.1 Å². The molecule has 6 nitrogen and oxygen atoms in total. The lowest BCUT2D eigenvalue weighted by Crippen LogP contribution is -2.30. The van der Waals surface area contributed by atoms with E-state index in [1.807, 2.05) is 0 Å². The fourth-order valence-electron chi connectivity index (χ4n) is 2.62. The maximum atomic E-state index is 13.8. The highest BCUT2D eigenvalue weighted by molar-refractivity contribution is 6.14. The van der Waals surface area contributed by atoms with E-state index in [9.17, 15) is 14.0 Å². The van der Waals surface area contributed by atoms with Crippen LogP contribution < -0.4 is 14.8 Å². The Labute approximate surface area is 149 Å². The van der Waals surface area contributed by atoms with Gasteiger partial charge in [-0.25, -0.2) is 9.18 Å². The van der Waals surface area contributed by atoms with Crippen molar-refractivity contribution >= 4 is 18.0 Å². The highest BCUT2D eigenvalue weighted by Crippen LogP contribution is 2.27. The molecule has 26 heavy (non-hydrogen) atoms. The Morgan fingerprint density at radius 2 is 1.88 bits per heavy atom. The summed E-state index contributed by atoms with van der Waals surface area (Å²) in [6, 6.07) is 10.5. The van der Waals surface area contributed by atoms with Crippen LogP contribution in [0.5, 0.6) is 11.5 Å². The number of carbonyl (C=O) groups excluding carboxylic acids is 2. The number of nitrogens with one attached hydrogen (secondary N) is 1. The standard InChI is InChI=1S/C19H17FN2O4/c1-25-14-7-8-17(26-2)13(9-14)10-16-18(23)22(19(24)21-16)11-12-5-3-4-6-15(12)20/h3-10H,11H2,1-2H3,(H,21,24)/b16-10+. The number of imide groups is 1. The number of benzene rings is 2. The van der Waals surface area contributed by atoms with Gasteiger partial charge in [-0.15, -0.1) is 0 Å². The summed E-state index contributed by atoms with van der Waals surface area (Å²) in [6.45, 7) is -0.149. The van der Waals surface area contributed by atoms with Gasteiger partial charge in [0, 0.05) is 11.1 Å². The highest BCUT2D eigenvalue weighted by atomic mass is 19.1. The molecule has 134 valence electrons. The van der Waals surface area contributed by atoms with Gasteiger partial charge in [0.15, 0.2) is 0 Å². The molecule has 1 saturated heterocycles. The lowest BCUT2D eigenvalue weighted by atomic mass is 10.1. The minimum absolute atomic E-state index is 0.0814. The topological polar surface area (TPSA) is 67.9 Å². The number of carbonyl (C=O) groups is 2. The second kappa shape index (κ2) is 7.26. The molecule has 0 aliphatic carbocycles. The number of amides is 3. The predicted octanol–water partition coefficient (Wildman–Crippen LogP) is 2.94. The first-order valence-corrected chi connectivity index (χ1v) is 7.83. The van der Waals surface area contributed by atoms with E-state index in [4.69, 9.17) is 9.47 Å². The molecule has 7 heteroatoms. The highest BCUT2D eigenvalue weighted by Gasteiger charge is 2.34. The van der Waals surface area contributed by atoms with Crippen molar-refractivity contribution < 1.29 is 23.5 Å². The first kappa shape index (κ1) is 17.5. The smallest absolute Gasteiger partial charge is 0.329 e. The van der Waals surface area contributed by atoms with Crippen LogP contribution in [0.25, 0.3) is 6.08 Å². The number of hydrogen-bond acceptors (Lipinski definition) is 4. The van der Waals surface area contributed by atoms with Crippen molar-refractivity contribution in [2.24, 2.45) is 0 Å². The molecule has 0 saturated carbocycles. The van der Waals surface area contributed by atoms with Crippen LogP contribution in [0.4, 0.5) is 9.18 Å². The van der Waals surface area contributed by atoms with Gasteiger partial charge in [0.2, 0.25) is 0 Å². The molecule has 1 aliphatic rings. The van der Waals surface area contributed by atoms with Crippen LogP contribution >= 0.6 is 0 Å². The maximum Gasteiger partial charge on any atom is 0.329 e. The second-order valence-electron chi connectivity index (χ2n) is 5.58. The third-order valence-corrected chi connectivity index (χ3v) is 3.99. The van der Waals surface area contributed by atoms with E-state index in [0.717, 1.165) is 4.90 Å². The molecular formula is C19H17FN2O4. The van der Waals surface area contributed by atoms with Gasteiger partial charge in [-0.3, -0.25) is 9.69 Å². The molecule has 1 N–H and O–H groups in total. The largest absolute Gasteiger partial charge is 0.497 e. The minimum Gasteiger partial charge on any atom is -0.497 e. The molecule has 0 atom stereocenters. The molecular weight excluding hydrogens is 339 g/mol. The number of ether oxygens (including phenoxy) is 2. The second-order valence-corrected chi connectivity index (χ2v) is 5.58. The van der Waals surface area contributed by atoms with E-state index in [2.05, 4.69) is 5.32 Å². The van der Waals surface area contributed by atoms with Crippen molar-refractivity contribution in [3.8, 4) is 11.5 Å². The number of nitrogens with zero attached hydrogens (tertiary/aromatic N) is 1. The van der Waals surface area contributed by atoms with Gasteiger partial charge in [0.1, 0.15) is 23.0 Å². The van der Waals surface area contributed by atoms with Crippen molar-refractivity contribution in [1.29, 1.82) is 0 Å². The Balaban J connectivity index is 1.89. The van der Waals surface area contributed by atoms with Crippen molar-refractivity contribution in [2.45, 2.75) is 6.54 Å². The molecule has 1 heterocycles. The number of halogens is 1. The first-order valence-electron chi connectivity index (χ1n) is 7.83. The Morgan fingerprint density at radius 1 is 1.12 bits per heavy atom. The van der Waals surface area contributed by atoms with Gasteiger partial charge in [-0.1, -0.05) is 18.2 Å². The molecule has 1 fully saturated rings. The number of hydrogen-bond donors (Lipinski definition) is 1. The molecule has 2 aromatic carbocycles. The fourth-order valence-corrected chi connectivity index (χ4v) is 2.62. The van der Waals surface area contributed by atoms with Crippen LogP contribution in [0.3, 0.4) is 0 Å². The van der Waals surface area contributed by atoms with Crippen LogP contribution in [-0.2, 0) is 11.3 Å². The summed E-state index contributed by atoms with van der Waals surface area (Å²) >= 11 is 0. The molecule has 1 aliphatic heterocycles. The number of urea groups is 1. The Hall–Kier alpha value is -3.35. The zero-order valence-corrected chi connectivity index (χ0v) is 14.3. The summed E-state index contributed by atoms with van der Waals surface area (Å²) in [6.07, 6.45) is 1.50. The van der Waals surface area contributed by atoms with Crippen molar-refractivity contribution in [3.05, 3.63) is 65.1 Å². The zero-order valence-electron chi connectivity index (χ0n) is 14.3. The molecule has 3 rings (SSSR count). The first-order chi connectivity index (χ1) is 12.5. The summed E-state index contributed by atoms with van der Waals surface area (Å²) in [5.41, 5.74) is 0.914. The summed E-state index contributed by atoms with van der Waals surface area (Å²) in [5, 5.41) is 2.51. The SMILES string of the molecule is COc1ccc(OC)c(/C=C2/NC(=O)N(Cc3ccccc3F)C2=O)c1. The average Bonchev–Trinajstić information content (AvgIpc) is 2.90. The van der Waals surface area contributed by atoms with Crippen LogP contribution in [0.1, 0.15) is 11.1 Å². The summed E-state index contributed by atoms with van der Waals surface area (Å²) in [7, 11) is 3.03. The van der Waals surface area contributed by atoms with Gasteiger partial charge in [0.05, 0.1) is 20.8 Å². The number of rotatable bonds is 5. The molecule has 3 amide bonds. The molecule has 0 unspecified atom stereocenters. The van der Waals surface area contributed by atoms with Gasteiger partial charge >= 0.3 is 6.03 Å². The zero-order chi connectivity index (χ0) is 18.7. The quantitative estimate of drug-likeness (QED) is 0.661. The minimum atomic E-state index is -0.605. The summed E-state index contributed by atoms with van der Waals surface area (Å²) in [4.78, 5) is 25.7. The van der Waals surface area contributed by atoms with Crippen LogP contribution in [0.15, 0.2) is 48.2 Å². The van der Waals surface area contributed by atoms with Crippen LogP contribution in [0.2, 0.25) is 0 Å². The average molecular weight is 356 g/mol. The normalized spacial score (nSPS) is 15.3. The predicted molar refractivity (Wildman–Crippen MR) is 93.0 cm³/mol. The van der Waals surface area contributed by atoms with Crippen molar-refractivity contribution in [2.75, 3.05) is 14.2 Å².